The minimum Gasteiger partial charge on any atom is -0.483 e. The molecule has 0 saturated heterocycles. The summed E-state index contributed by atoms with van der Waals surface area (Å²) in [6.07, 6.45) is 0.241. The Morgan fingerprint density at radius 2 is 1.97 bits per heavy atom. The van der Waals surface area contributed by atoms with Gasteiger partial charge in [0.25, 0.3) is 0 Å². The number of carbonyl (C=O) groups is 1. The van der Waals surface area contributed by atoms with E-state index >= 15 is 0 Å². The first-order valence-electron chi connectivity index (χ1n) is 11.2. The number of hydrogen-bond acceptors (Lipinski definition) is 5. The van der Waals surface area contributed by atoms with Gasteiger partial charge in [-0.15, -0.1) is 0 Å². The Hall–Kier alpha value is -3.89. The molecule has 34 heavy (non-hydrogen) atoms. The average Bonchev–Trinajstić information content (AvgIpc) is 2.86. The molecule has 0 amide bonds. The van der Waals surface area contributed by atoms with Crippen molar-refractivity contribution in [2.24, 2.45) is 0 Å². The molecule has 0 spiro atoms. The van der Waals surface area contributed by atoms with Gasteiger partial charge in [-0.25, -0.2) is 4.39 Å². The molecule has 1 aliphatic rings. The van der Waals surface area contributed by atoms with Gasteiger partial charge in [0.2, 0.25) is 0 Å². The third-order valence-corrected chi connectivity index (χ3v) is 6.14. The lowest BCUT2D eigenvalue weighted by Gasteiger charge is -2.34. The van der Waals surface area contributed by atoms with Crippen LogP contribution < -0.4 is 15.4 Å². The molecule has 1 unspecified atom stereocenters. The Morgan fingerprint density at radius 3 is 2.68 bits per heavy atom. The van der Waals surface area contributed by atoms with E-state index in [2.05, 4.69) is 16.7 Å². The van der Waals surface area contributed by atoms with Crippen molar-refractivity contribution in [3.63, 3.8) is 0 Å². The summed E-state index contributed by atoms with van der Waals surface area (Å²) in [4.78, 5) is 11.2. The molecule has 0 saturated carbocycles. The molecule has 3 atom stereocenters. The number of benzene rings is 3. The van der Waals surface area contributed by atoms with Crippen LogP contribution in [0.4, 0.5) is 10.1 Å². The van der Waals surface area contributed by atoms with Crippen LogP contribution in [0.15, 0.2) is 66.7 Å². The second-order valence-electron chi connectivity index (χ2n) is 8.34. The predicted molar refractivity (Wildman–Crippen MR) is 127 cm³/mol. The highest BCUT2D eigenvalue weighted by atomic mass is 19.1. The molecule has 3 aromatic rings. The molecule has 0 aliphatic carbocycles. The lowest BCUT2D eigenvalue weighted by molar-refractivity contribution is -0.138. The number of hydrogen-bond donors (Lipinski definition) is 3. The fraction of sp³-hybridized carbons (Fsp3) is 0.259. The number of aliphatic carboxylic acids is 1. The molecular weight excluding hydrogens is 433 g/mol. The largest absolute Gasteiger partial charge is 0.483 e. The second kappa shape index (κ2) is 10.4. The molecule has 3 aromatic carbocycles. The van der Waals surface area contributed by atoms with Crippen LogP contribution >= 0.6 is 0 Å². The first-order valence-corrected chi connectivity index (χ1v) is 11.2. The number of halogens is 1. The van der Waals surface area contributed by atoms with E-state index in [0.29, 0.717) is 36.4 Å². The molecule has 6 nitrogen and oxygen atoms in total. The molecule has 0 radical (unpaired) electrons. The van der Waals surface area contributed by atoms with Crippen molar-refractivity contribution in [3.8, 4) is 11.8 Å². The minimum absolute atomic E-state index is 0.324. The van der Waals surface area contributed by atoms with Crippen molar-refractivity contribution in [1.29, 1.82) is 5.26 Å². The molecular formula is C27H26FN3O3. The first-order chi connectivity index (χ1) is 16.5. The quantitative estimate of drug-likeness (QED) is 0.455. The summed E-state index contributed by atoms with van der Waals surface area (Å²) < 4.78 is 21.0. The highest BCUT2D eigenvalue weighted by Gasteiger charge is 2.31. The minimum atomic E-state index is -0.857. The third kappa shape index (κ3) is 5.03. The van der Waals surface area contributed by atoms with Crippen LogP contribution in [0, 0.1) is 17.1 Å². The lowest BCUT2D eigenvalue weighted by atomic mass is 9.97. The number of anilines is 1. The van der Waals surface area contributed by atoms with E-state index in [1.165, 1.54) is 6.07 Å². The maximum Gasteiger partial charge on any atom is 0.310 e. The van der Waals surface area contributed by atoms with Crippen molar-refractivity contribution in [3.05, 3.63) is 94.8 Å². The van der Waals surface area contributed by atoms with Gasteiger partial charge in [-0.3, -0.25) is 4.79 Å². The summed E-state index contributed by atoms with van der Waals surface area (Å²) in [6.45, 7) is 2.67. The van der Waals surface area contributed by atoms with Crippen LogP contribution in [-0.2, 0) is 11.2 Å². The zero-order chi connectivity index (χ0) is 24.1. The molecule has 0 bridgehead atoms. The van der Waals surface area contributed by atoms with Crippen molar-refractivity contribution in [1.82, 2.24) is 5.32 Å². The molecule has 174 valence electrons. The van der Waals surface area contributed by atoms with Gasteiger partial charge >= 0.3 is 5.97 Å². The summed E-state index contributed by atoms with van der Waals surface area (Å²) in [7, 11) is 0. The van der Waals surface area contributed by atoms with E-state index in [1.54, 1.807) is 37.3 Å². The van der Waals surface area contributed by atoms with Gasteiger partial charge in [0.05, 0.1) is 29.8 Å². The Balaban J connectivity index is 1.50. The Bertz CT molecular complexity index is 1210. The SMILES string of the molecule is CC(C(=O)O)c1ccc(CCN[C@H](c2ccccc2F)[C@H]2CNc3cccc(C#N)c3O2)cc1. The molecule has 0 fully saturated rings. The zero-order valence-electron chi connectivity index (χ0n) is 18.8. The fourth-order valence-corrected chi connectivity index (χ4v) is 4.14. The Labute approximate surface area is 198 Å². The van der Waals surface area contributed by atoms with E-state index in [-0.39, 0.29) is 5.82 Å². The number of carboxylic acid groups (broad SMARTS) is 1. The van der Waals surface area contributed by atoms with Crippen LogP contribution in [0.2, 0.25) is 0 Å². The number of nitrogens with zero attached hydrogens (tertiary/aromatic N) is 1. The molecule has 4 rings (SSSR count). The van der Waals surface area contributed by atoms with E-state index in [1.807, 2.05) is 30.3 Å². The number of nitrogens with one attached hydrogen (secondary N) is 2. The molecule has 7 heteroatoms. The highest BCUT2D eigenvalue weighted by molar-refractivity contribution is 5.75. The van der Waals surface area contributed by atoms with Crippen molar-refractivity contribution < 1.29 is 19.0 Å². The smallest absolute Gasteiger partial charge is 0.310 e. The van der Waals surface area contributed by atoms with Gasteiger partial charge in [-0.1, -0.05) is 48.5 Å². The van der Waals surface area contributed by atoms with Gasteiger partial charge < -0.3 is 20.5 Å². The van der Waals surface area contributed by atoms with Crippen LogP contribution in [0.3, 0.4) is 0 Å². The van der Waals surface area contributed by atoms with E-state index in [0.717, 1.165) is 16.8 Å². The maximum atomic E-state index is 14.8. The molecule has 1 heterocycles. The van der Waals surface area contributed by atoms with Crippen LogP contribution in [0.25, 0.3) is 0 Å². The summed E-state index contributed by atoms with van der Waals surface area (Å²) >= 11 is 0. The molecule has 0 aromatic heterocycles. The van der Waals surface area contributed by atoms with Crippen molar-refractivity contribution >= 4 is 11.7 Å². The molecule has 3 N–H and O–H groups in total. The summed E-state index contributed by atoms with van der Waals surface area (Å²) in [5, 5.41) is 25.4. The molecule has 1 aliphatic heterocycles. The summed E-state index contributed by atoms with van der Waals surface area (Å²) in [5.41, 5.74) is 3.47. The van der Waals surface area contributed by atoms with E-state index in [4.69, 9.17) is 4.74 Å². The standard InChI is InChI=1S/C27H26FN3O3/c1-17(27(32)33)19-11-9-18(10-12-19)13-14-30-25(21-6-2-3-7-22(21)28)24-16-31-23-8-4-5-20(15-29)26(23)34-24/h2-12,17,24-25,30-31H,13-14,16H2,1H3,(H,32,33)/t17?,24-,25-/m1/s1. The average molecular weight is 460 g/mol. The maximum absolute atomic E-state index is 14.8. The van der Waals surface area contributed by atoms with Crippen molar-refractivity contribution in [2.45, 2.75) is 31.4 Å². The number of para-hydroxylation sites is 1. The zero-order valence-corrected chi connectivity index (χ0v) is 18.8. The normalized spacial score (nSPS) is 16.3. The lowest BCUT2D eigenvalue weighted by Crippen LogP contribution is -2.43. The van der Waals surface area contributed by atoms with Gasteiger partial charge in [0.15, 0.2) is 5.75 Å². The summed E-state index contributed by atoms with van der Waals surface area (Å²) in [5.74, 6) is -1.26. The van der Waals surface area contributed by atoms with E-state index in [9.17, 15) is 19.6 Å². The van der Waals surface area contributed by atoms with E-state index < -0.39 is 24.0 Å². The number of nitriles is 1. The van der Waals surface area contributed by atoms with Crippen molar-refractivity contribution in [2.75, 3.05) is 18.4 Å². The number of fused-ring (bicyclic) bond motifs is 1. The fourth-order valence-electron chi connectivity index (χ4n) is 4.14. The Kier molecular flexibility index (Phi) is 7.09. The Morgan fingerprint density at radius 1 is 1.21 bits per heavy atom. The number of ether oxygens (including phenoxy) is 1. The van der Waals surface area contributed by atoms with Gasteiger partial charge in [-0.2, -0.15) is 5.26 Å². The van der Waals surface area contributed by atoms with Crippen LogP contribution in [-0.4, -0.2) is 30.3 Å². The third-order valence-electron chi connectivity index (χ3n) is 6.14. The highest BCUT2D eigenvalue weighted by Crippen LogP contribution is 2.35. The number of carboxylic acids is 1. The predicted octanol–water partition coefficient (Wildman–Crippen LogP) is 4.63. The second-order valence-corrected chi connectivity index (χ2v) is 8.34. The van der Waals surface area contributed by atoms with Gasteiger partial charge in [0.1, 0.15) is 18.0 Å². The summed E-state index contributed by atoms with van der Waals surface area (Å²) in [6, 6.07) is 21.2. The monoisotopic (exact) mass is 459 g/mol. The topological polar surface area (TPSA) is 94.4 Å². The first kappa shape index (κ1) is 23.3. The van der Waals surface area contributed by atoms with Crippen LogP contribution in [0.1, 0.15) is 41.1 Å². The van der Waals surface area contributed by atoms with Gasteiger partial charge in [-0.05, 0) is 49.2 Å². The number of rotatable bonds is 8. The van der Waals surface area contributed by atoms with Gasteiger partial charge in [0, 0.05) is 5.56 Å². The van der Waals surface area contributed by atoms with Crippen LogP contribution in [0.5, 0.6) is 5.75 Å².